The molecule has 0 bridgehead atoms. The minimum absolute atomic E-state index is 0.310. The molecule has 2 aliphatic heterocycles. The van der Waals surface area contributed by atoms with Gasteiger partial charge in [-0.1, -0.05) is 0 Å². The van der Waals surface area contributed by atoms with Gasteiger partial charge in [-0.3, -0.25) is 9.69 Å². The molecule has 0 unspecified atom stereocenters. The average molecular weight is 190 g/mol. The number of hydrogen-bond acceptors (Lipinski definition) is 2. The first-order valence-corrected chi connectivity index (χ1v) is 4.39. The fraction of sp³-hybridized carbons (Fsp3) is 0.875. The Hall–Kier alpha value is -0.710. The van der Waals surface area contributed by atoms with Crippen LogP contribution in [0.2, 0.25) is 0 Å². The van der Waals surface area contributed by atoms with Gasteiger partial charge in [0, 0.05) is 6.42 Å². The molecule has 0 aromatic heterocycles. The number of alkyl halides is 2. The number of hydrogen-bond donors (Lipinski definition) is 1. The highest BCUT2D eigenvalue weighted by Crippen LogP contribution is 2.45. The van der Waals surface area contributed by atoms with E-state index < -0.39 is 23.8 Å². The number of carbonyl (C=O) groups is 1. The van der Waals surface area contributed by atoms with E-state index in [1.807, 2.05) is 0 Å². The van der Waals surface area contributed by atoms with Crippen molar-refractivity contribution in [1.29, 1.82) is 0 Å². The SMILES string of the molecule is NC(=O)[C@@]12CCCN1CC(F)(F)C2. The fourth-order valence-electron chi connectivity index (χ4n) is 2.49. The summed E-state index contributed by atoms with van der Waals surface area (Å²) in [7, 11) is 0. The Morgan fingerprint density at radius 1 is 1.46 bits per heavy atom. The van der Waals surface area contributed by atoms with Crippen molar-refractivity contribution < 1.29 is 13.6 Å². The molecule has 1 atom stereocenters. The van der Waals surface area contributed by atoms with Crippen molar-refractivity contribution in [3.8, 4) is 0 Å². The molecular formula is C8H12F2N2O. The van der Waals surface area contributed by atoms with Gasteiger partial charge in [0.2, 0.25) is 5.91 Å². The van der Waals surface area contributed by atoms with E-state index in [9.17, 15) is 13.6 Å². The highest BCUT2D eigenvalue weighted by atomic mass is 19.3. The van der Waals surface area contributed by atoms with Crippen LogP contribution in [0.5, 0.6) is 0 Å². The topological polar surface area (TPSA) is 46.3 Å². The van der Waals surface area contributed by atoms with Crippen LogP contribution in [-0.4, -0.2) is 35.4 Å². The Labute approximate surface area is 74.9 Å². The number of nitrogens with two attached hydrogens (primary N) is 1. The second-order valence-electron chi connectivity index (χ2n) is 3.95. The third-order valence-corrected chi connectivity index (χ3v) is 3.06. The van der Waals surface area contributed by atoms with Crippen molar-refractivity contribution in [2.24, 2.45) is 5.73 Å². The van der Waals surface area contributed by atoms with E-state index >= 15 is 0 Å². The van der Waals surface area contributed by atoms with E-state index in [0.717, 1.165) is 6.42 Å². The Kier molecular flexibility index (Phi) is 1.64. The summed E-state index contributed by atoms with van der Waals surface area (Å²) in [6.07, 6.45) is 0.881. The fourth-order valence-corrected chi connectivity index (χ4v) is 2.49. The van der Waals surface area contributed by atoms with E-state index in [-0.39, 0.29) is 6.54 Å². The first kappa shape index (κ1) is 8.87. The minimum atomic E-state index is -2.74. The van der Waals surface area contributed by atoms with Gasteiger partial charge in [-0.2, -0.15) is 0 Å². The van der Waals surface area contributed by atoms with Gasteiger partial charge in [-0.05, 0) is 19.4 Å². The molecule has 0 spiro atoms. The predicted octanol–water partition coefficient (Wildman–Crippen LogP) is 0.345. The van der Waals surface area contributed by atoms with Crippen LogP contribution in [0, 0.1) is 0 Å². The summed E-state index contributed by atoms with van der Waals surface area (Å²) in [6, 6.07) is 0. The summed E-state index contributed by atoms with van der Waals surface area (Å²) in [5.74, 6) is -3.34. The maximum Gasteiger partial charge on any atom is 0.262 e. The zero-order valence-corrected chi connectivity index (χ0v) is 7.22. The van der Waals surface area contributed by atoms with Crippen LogP contribution in [0.25, 0.3) is 0 Å². The van der Waals surface area contributed by atoms with Gasteiger partial charge >= 0.3 is 0 Å². The lowest BCUT2D eigenvalue weighted by molar-refractivity contribution is -0.127. The Bertz CT molecular complexity index is 257. The zero-order valence-electron chi connectivity index (χ0n) is 7.22. The van der Waals surface area contributed by atoms with E-state index in [1.54, 1.807) is 0 Å². The van der Waals surface area contributed by atoms with Crippen molar-refractivity contribution in [2.45, 2.75) is 30.7 Å². The first-order chi connectivity index (χ1) is 5.96. The van der Waals surface area contributed by atoms with Crippen LogP contribution in [0.15, 0.2) is 0 Å². The predicted molar refractivity (Wildman–Crippen MR) is 42.3 cm³/mol. The largest absolute Gasteiger partial charge is 0.368 e. The second-order valence-corrected chi connectivity index (χ2v) is 3.95. The molecule has 13 heavy (non-hydrogen) atoms. The Morgan fingerprint density at radius 2 is 2.15 bits per heavy atom. The number of primary amides is 1. The summed E-state index contributed by atoms with van der Waals surface area (Å²) in [5, 5.41) is 0. The van der Waals surface area contributed by atoms with Crippen LogP contribution in [0.4, 0.5) is 8.78 Å². The van der Waals surface area contributed by atoms with Crippen molar-refractivity contribution in [2.75, 3.05) is 13.1 Å². The van der Waals surface area contributed by atoms with Gasteiger partial charge in [0.25, 0.3) is 5.92 Å². The molecule has 0 aromatic rings. The molecule has 2 heterocycles. The van der Waals surface area contributed by atoms with Gasteiger partial charge in [0.1, 0.15) is 5.54 Å². The van der Waals surface area contributed by atoms with Gasteiger partial charge in [-0.15, -0.1) is 0 Å². The summed E-state index contributed by atoms with van der Waals surface area (Å²) < 4.78 is 26.0. The molecule has 2 rings (SSSR count). The molecule has 0 aliphatic carbocycles. The number of rotatable bonds is 1. The van der Waals surface area contributed by atoms with Crippen LogP contribution in [0.3, 0.4) is 0 Å². The average Bonchev–Trinajstić information content (AvgIpc) is 2.40. The van der Waals surface area contributed by atoms with E-state index in [4.69, 9.17) is 5.73 Å². The molecular weight excluding hydrogens is 178 g/mol. The zero-order chi connectivity index (χ0) is 9.69. The van der Waals surface area contributed by atoms with E-state index in [1.165, 1.54) is 4.90 Å². The third kappa shape index (κ3) is 1.14. The smallest absolute Gasteiger partial charge is 0.262 e. The van der Waals surface area contributed by atoms with Crippen LogP contribution in [-0.2, 0) is 4.79 Å². The molecule has 1 amide bonds. The van der Waals surface area contributed by atoms with Gasteiger partial charge in [0.05, 0.1) is 6.54 Å². The number of amides is 1. The monoisotopic (exact) mass is 190 g/mol. The lowest BCUT2D eigenvalue weighted by atomic mass is 9.92. The number of halogens is 2. The number of nitrogens with zero attached hydrogens (tertiary/aromatic N) is 1. The molecule has 2 saturated heterocycles. The molecule has 2 N–H and O–H groups in total. The van der Waals surface area contributed by atoms with Crippen molar-refractivity contribution >= 4 is 5.91 Å². The van der Waals surface area contributed by atoms with Crippen molar-refractivity contribution in [3.63, 3.8) is 0 Å². The molecule has 0 saturated carbocycles. The van der Waals surface area contributed by atoms with Crippen molar-refractivity contribution in [1.82, 2.24) is 4.90 Å². The molecule has 5 heteroatoms. The second kappa shape index (κ2) is 2.41. The van der Waals surface area contributed by atoms with Gasteiger partial charge in [0.15, 0.2) is 0 Å². The normalized spacial score (nSPS) is 37.7. The van der Waals surface area contributed by atoms with Gasteiger partial charge < -0.3 is 5.73 Å². The third-order valence-electron chi connectivity index (χ3n) is 3.06. The molecule has 0 aromatic carbocycles. The van der Waals surface area contributed by atoms with Crippen LogP contribution in [0.1, 0.15) is 19.3 Å². The highest BCUT2D eigenvalue weighted by Gasteiger charge is 2.59. The standard InChI is InChI=1S/C8H12F2N2O/c9-8(10)4-7(6(11)13)2-1-3-12(7)5-8/h1-5H2,(H2,11,13)/t7-/m0/s1. The lowest BCUT2D eigenvalue weighted by Crippen LogP contribution is -2.49. The number of fused-ring (bicyclic) bond motifs is 1. The molecule has 2 aliphatic rings. The van der Waals surface area contributed by atoms with Crippen LogP contribution < -0.4 is 5.73 Å². The molecule has 74 valence electrons. The quantitative estimate of drug-likeness (QED) is 0.648. The number of carbonyl (C=O) groups excluding carboxylic acids is 1. The summed E-state index contributed by atoms with van der Waals surface area (Å²) in [4.78, 5) is 12.7. The minimum Gasteiger partial charge on any atom is -0.368 e. The highest BCUT2D eigenvalue weighted by molar-refractivity contribution is 5.85. The molecule has 2 fully saturated rings. The molecule has 0 radical (unpaired) electrons. The lowest BCUT2D eigenvalue weighted by Gasteiger charge is -2.26. The van der Waals surface area contributed by atoms with Crippen molar-refractivity contribution in [3.05, 3.63) is 0 Å². The van der Waals surface area contributed by atoms with Gasteiger partial charge in [-0.25, -0.2) is 8.78 Å². The summed E-state index contributed by atoms with van der Waals surface area (Å²) in [6.45, 7) is 0.258. The maximum atomic E-state index is 13.0. The summed E-state index contributed by atoms with van der Waals surface area (Å²) >= 11 is 0. The molecule has 3 nitrogen and oxygen atoms in total. The Balaban J connectivity index is 2.30. The van der Waals surface area contributed by atoms with Crippen LogP contribution >= 0.6 is 0 Å². The van der Waals surface area contributed by atoms with E-state index in [0.29, 0.717) is 13.0 Å². The summed E-state index contributed by atoms with van der Waals surface area (Å²) in [5.41, 5.74) is 4.14. The maximum absolute atomic E-state index is 13.0. The van der Waals surface area contributed by atoms with E-state index in [2.05, 4.69) is 0 Å². The first-order valence-electron chi connectivity index (χ1n) is 4.39. The Morgan fingerprint density at radius 3 is 2.69 bits per heavy atom.